The van der Waals surface area contributed by atoms with Crippen molar-refractivity contribution in [2.24, 2.45) is 23.5 Å². The Balaban J connectivity index is 1.80. The van der Waals surface area contributed by atoms with E-state index in [1.807, 2.05) is 0 Å². The van der Waals surface area contributed by atoms with Crippen molar-refractivity contribution in [3.63, 3.8) is 0 Å². The zero-order valence-electron chi connectivity index (χ0n) is 13.2. The summed E-state index contributed by atoms with van der Waals surface area (Å²) in [6, 6.07) is 0. The number of nitrogens with two attached hydrogens (primary N) is 1. The van der Waals surface area contributed by atoms with Crippen LogP contribution in [-0.2, 0) is 4.79 Å². The van der Waals surface area contributed by atoms with Gasteiger partial charge in [0.15, 0.2) is 0 Å². The summed E-state index contributed by atoms with van der Waals surface area (Å²) < 4.78 is 0. The molecule has 0 spiro atoms. The molecule has 2 aliphatic rings. The molecule has 2 rings (SSSR count). The van der Waals surface area contributed by atoms with Gasteiger partial charge in [-0.15, -0.1) is 0 Å². The number of hydrogen-bond donors (Lipinski definition) is 1. The Labute approximate surface area is 124 Å². The van der Waals surface area contributed by atoms with Gasteiger partial charge in [-0.3, -0.25) is 4.79 Å². The van der Waals surface area contributed by atoms with Crippen molar-refractivity contribution in [2.75, 3.05) is 19.6 Å². The fourth-order valence-electron chi connectivity index (χ4n) is 3.99. The lowest BCUT2D eigenvalue weighted by Gasteiger charge is -2.31. The highest BCUT2D eigenvalue weighted by atomic mass is 16.2. The number of likely N-dealkylation sites (tertiary alicyclic amines) is 1. The fraction of sp³-hybridized carbons (Fsp3) is 0.941. The summed E-state index contributed by atoms with van der Waals surface area (Å²) in [6.07, 6.45) is 10.8. The Kier molecular flexibility index (Phi) is 6.34. The van der Waals surface area contributed by atoms with Crippen molar-refractivity contribution in [1.29, 1.82) is 0 Å². The smallest absolute Gasteiger partial charge is 0.225 e. The van der Waals surface area contributed by atoms with Gasteiger partial charge in [0.2, 0.25) is 5.91 Å². The van der Waals surface area contributed by atoms with Crippen molar-refractivity contribution in [2.45, 2.75) is 64.7 Å². The van der Waals surface area contributed by atoms with E-state index in [0.717, 1.165) is 51.2 Å². The van der Waals surface area contributed by atoms with Gasteiger partial charge in [-0.1, -0.05) is 19.8 Å². The highest BCUT2D eigenvalue weighted by Gasteiger charge is 2.30. The highest BCUT2D eigenvalue weighted by molar-refractivity contribution is 5.79. The Bertz CT molecular complexity index is 297. The second-order valence-corrected chi connectivity index (χ2v) is 6.86. The van der Waals surface area contributed by atoms with Crippen LogP contribution in [0.5, 0.6) is 0 Å². The van der Waals surface area contributed by atoms with E-state index in [9.17, 15) is 4.79 Å². The number of amides is 1. The molecule has 1 aliphatic carbocycles. The quantitative estimate of drug-likeness (QED) is 0.859. The minimum absolute atomic E-state index is 0.292. The Morgan fingerprint density at radius 1 is 1.05 bits per heavy atom. The van der Waals surface area contributed by atoms with Crippen LogP contribution in [0.25, 0.3) is 0 Å². The van der Waals surface area contributed by atoms with Gasteiger partial charge in [-0.2, -0.15) is 0 Å². The van der Waals surface area contributed by atoms with Gasteiger partial charge in [-0.05, 0) is 63.3 Å². The molecule has 20 heavy (non-hydrogen) atoms. The third-order valence-electron chi connectivity index (χ3n) is 5.39. The second-order valence-electron chi connectivity index (χ2n) is 6.86. The summed E-state index contributed by atoms with van der Waals surface area (Å²) in [5, 5.41) is 0. The first-order chi connectivity index (χ1) is 9.74. The molecule has 1 atom stereocenters. The summed E-state index contributed by atoms with van der Waals surface area (Å²) >= 11 is 0. The van der Waals surface area contributed by atoms with Crippen LogP contribution in [0.1, 0.15) is 64.7 Å². The largest absolute Gasteiger partial charge is 0.342 e. The van der Waals surface area contributed by atoms with E-state index in [4.69, 9.17) is 5.73 Å². The molecule has 1 unspecified atom stereocenters. The number of rotatable bonds is 4. The first-order valence-electron chi connectivity index (χ1n) is 8.73. The predicted molar refractivity (Wildman–Crippen MR) is 83.3 cm³/mol. The van der Waals surface area contributed by atoms with Crippen LogP contribution in [0, 0.1) is 17.8 Å². The lowest BCUT2D eigenvalue weighted by molar-refractivity contribution is -0.136. The lowest BCUT2D eigenvalue weighted by Crippen LogP contribution is -2.39. The molecule has 1 amide bonds. The van der Waals surface area contributed by atoms with E-state index in [0.29, 0.717) is 17.7 Å². The Morgan fingerprint density at radius 2 is 1.80 bits per heavy atom. The zero-order chi connectivity index (χ0) is 14.4. The standard InChI is InChI=1S/C17H32N2O/c1-2-4-14-5-3-11-19(12-10-14)17(20)16-8-6-15(13-18)7-9-16/h14-16H,2-13,18H2,1H3. The van der Waals surface area contributed by atoms with E-state index < -0.39 is 0 Å². The topological polar surface area (TPSA) is 46.3 Å². The van der Waals surface area contributed by atoms with Gasteiger partial charge in [-0.25, -0.2) is 0 Å². The normalized spacial score (nSPS) is 31.9. The van der Waals surface area contributed by atoms with Crippen LogP contribution in [0.3, 0.4) is 0 Å². The van der Waals surface area contributed by atoms with Crippen molar-refractivity contribution >= 4 is 5.91 Å². The molecule has 1 saturated heterocycles. The van der Waals surface area contributed by atoms with E-state index in [1.54, 1.807) is 0 Å². The molecular weight excluding hydrogens is 248 g/mol. The molecular formula is C17H32N2O. The van der Waals surface area contributed by atoms with E-state index >= 15 is 0 Å². The van der Waals surface area contributed by atoms with Gasteiger partial charge in [0.1, 0.15) is 0 Å². The van der Waals surface area contributed by atoms with E-state index in [1.165, 1.54) is 32.1 Å². The number of nitrogens with zero attached hydrogens (tertiary/aromatic N) is 1. The summed E-state index contributed by atoms with van der Waals surface area (Å²) in [7, 11) is 0. The van der Waals surface area contributed by atoms with Gasteiger partial charge in [0.05, 0.1) is 0 Å². The lowest BCUT2D eigenvalue weighted by atomic mass is 9.81. The van der Waals surface area contributed by atoms with Crippen molar-refractivity contribution in [1.82, 2.24) is 4.90 Å². The average Bonchev–Trinajstić information content (AvgIpc) is 2.73. The Hall–Kier alpha value is -0.570. The van der Waals surface area contributed by atoms with Crippen LogP contribution >= 0.6 is 0 Å². The predicted octanol–water partition coefficient (Wildman–Crippen LogP) is 3.18. The molecule has 1 aliphatic heterocycles. The minimum atomic E-state index is 0.292. The van der Waals surface area contributed by atoms with E-state index in [2.05, 4.69) is 11.8 Å². The molecule has 0 radical (unpaired) electrons. The first kappa shape index (κ1) is 15.8. The molecule has 1 saturated carbocycles. The highest BCUT2D eigenvalue weighted by Crippen LogP contribution is 2.30. The van der Waals surface area contributed by atoms with Gasteiger partial charge in [0, 0.05) is 19.0 Å². The third-order valence-corrected chi connectivity index (χ3v) is 5.39. The average molecular weight is 280 g/mol. The fourth-order valence-corrected chi connectivity index (χ4v) is 3.99. The molecule has 0 aromatic carbocycles. The van der Waals surface area contributed by atoms with Gasteiger partial charge < -0.3 is 10.6 Å². The minimum Gasteiger partial charge on any atom is -0.342 e. The monoisotopic (exact) mass is 280 g/mol. The molecule has 3 heteroatoms. The first-order valence-corrected chi connectivity index (χ1v) is 8.73. The number of carbonyl (C=O) groups excluding carboxylic acids is 1. The molecule has 3 nitrogen and oxygen atoms in total. The Morgan fingerprint density at radius 3 is 2.45 bits per heavy atom. The van der Waals surface area contributed by atoms with Crippen molar-refractivity contribution in [3.05, 3.63) is 0 Å². The van der Waals surface area contributed by atoms with Crippen LogP contribution in [0.2, 0.25) is 0 Å². The van der Waals surface area contributed by atoms with Crippen LogP contribution in [0.4, 0.5) is 0 Å². The van der Waals surface area contributed by atoms with Crippen molar-refractivity contribution < 1.29 is 4.79 Å². The van der Waals surface area contributed by atoms with E-state index in [-0.39, 0.29) is 0 Å². The molecule has 116 valence electrons. The van der Waals surface area contributed by atoms with Gasteiger partial charge in [0.25, 0.3) is 0 Å². The molecule has 0 aromatic heterocycles. The van der Waals surface area contributed by atoms with Crippen molar-refractivity contribution in [3.8, 4) is 0 Å². The molecule has 0 aromatic rings. The third kappa shape index (κ3) is 4.21. The zero-order valence-corrected chi connectivity index (χ0v) is 13.2. The number of carbonyl (C=O) groups is 1. The van der Waals surface area contributed by atoms with Crippen LogP contribution in [0.15, 0.2) is 0 Å². The molecule has 2 fully saturated rings. The maximum Gasteiger partial charge on any atom is 0.225 e. The molecule has 1 heterocycles. The SMILES string of the molecule is CCCC1CCCN(C(=O)C2CCC(CN)CC2)CC1. The van der Waals surface area contributed by atoms with Gasteiger partial charge >= 0.3 is 0 Å². The maximum absolute atomic E-state index is 12.7. The van der Waals surface area contributed by atoms with Crippen LogP contribution < -0.4 is 5.73 Å². The molecule has 2 N–H and O–H groups in total. The number of hydrogen-bond acceptors (Lipinski definition) is 2. The summed E-state index contributed by atoms with van der Waals surface area (Å²) in [6.45, 7) is 5.06. The summed E-state index contributed by atoms with van der Waals surface area (Å²) in [5.74, 6) is 2.25. The summed E-state index contributed by atoms with van der Waals surface area (Å²) in [4.78, 5) is 14.8. The van der Waals surface area contributed by atoms with Crippen LogP contribution in [-0.4, -0.2) is 30.4 Å². The summed E-state index contributed by atoms with van der Waals surface area (Å²) in [5.41, 5.74) is 5.74. The second kappa shape index (κ2) is 8.02. The molecule has 0 bridgehead atoms. The maximum atomic E-state index is 12.7.